The van der Waals surface area contributed by atoms with Crippen molar-refractivity contribution in [2.24, 2.45) is 5.92 Å². The van der Waals surface area contributed by atoms with Crippen LogP contribution in [0.4, 0.5) is 0 Å². The number of hydrogen-bond donors (Lipinski definition) is 0. The fourth-order valence-electron chi connectivity index (χ4n) is 2.78. The quantitative estimate of drug-likeness (QED) is 0.484. The summed E-state index contributed by atoms with van der Waals surface area (Å²) < 4.78 is 8.09. The van der Waals surface area contributed by atoms with Crippen LogP contribution in [0.2, 0.25) is 0 Å². The van der Waals surface area contributed by atoms with Gasteiger partial charge in [0, 0.05) is 6.54 Å². The molecule has 2 aromatic heterocycles. The summed E-state index contributed by atoms with van der Waals surface area (Å²) in [7, 11) is 0. The summed E-state index contributed by atoms with van der Waals surface area (Å²) in [5.74, 6) is 0.605. The van der Waals surface area contributed by atoms with Crippen LogP contribution in [0.25, 0.3) is 22.2 Å². The van der Waals surface area contributed by atoms with Gasteiger partial charge in [-0.1, -0.05) is 42.1 Å². The average Bonchev–Trinajstić information content (AvgIpc) is 3.32. The largest absolute Gasteiger partial charge is 0.430 e. The van der Waals surface area contributed by atoms with Crippen molar-refractivity contribution in [3.05, 3.63) is 45.4 Å². The van der Waals surface area contributed by atoms with Gasteiger partial charge in [0.1, 0.15) is 5.39 Å². The molecule has 23 heavy (non-hydrogen) atoms. The van der Waals surface area contributed by atoms with Gasteiger partial charge in [-0.25, -0.2) is 0 Å². The van der Waals surface area contributed by atoms with Crippen LogP contribution < -0.4 is 5.56 Å². The predicted octanol–water partition coefficient (Wildman–Crippen LogP) is 4.55. The maximum absolute atomic E-state index is 13.1. The van der Waals surface area contributed by atoms with Crippen molar-refractivity contribution >= 4 is 38.8 Å². The van der Waals surface area contributed by atoms with Gasteiger partial charge in [0.2, 0.25) is 5.71 Å². The molecule has 2 heterocycles. The van der Waals surface area contributed by atoms with Crippen LogP contribution in [0.15, 0.2) is 49.4 Å². The van der Waals surface area contributed by atoms with Crippen molar-refractivity contribution in [3.8, 4) is 11.1 Å². The smallest absolute Gasteiger partial charge is 0.266 e. The fourth-order valence-corrected chi connectivity index (χ4v) is 3.91. The van der Waals surface area contributed by atoms with Gasteiger partial charge in [0.25, 0.3) is 5.56 Å². The van der Waals surface area contributed by atoms with Crippen molar-refractivity contribution in [1.29, 1.82) is 0 Å². The lowest BCUT2D eigenvalue weighted by atomic mass is 10.1. The Morgan fingerprint density at radius 2 is 2.09 bits per heavy atom. The molecule has 0 radical (unpaired) electrons. The summed E-state index contributed by atoms with van der Waals surface area (Å²) >= 11 is 4.93. The van der Waals surface area contributed by atoms with E-state index >= 15 is 0 Å². The second-order valence-corrected chi connectivity index (χ2v) is 7.25. The van der Waals surface area contributed by atoms with Crippen LogP contribution in [0.3, 0.4) is 0 Å². The molecule has 4 nitrogen and oxygen atoms in total. The first-order valence-corrected chi connectivity index (χ1v) is 9.53. The van der Waals surface area contributed by atoms with Crippen LogP contribution in [-0.2, 0) is 6.54 Å². The lowest BCUT2D eigenvalue weighted by Crippen LogP contribution is -2.24. The van der Waals surface area contributed by atoms with Crippen molar-refractivity contribution < 1.29 is 4.42 Å². The summed E-state index contributed by atoms with van der Waals surface area (Å²) in [5, 5.41) is 1.27. The molecule has 0 aliphatic heterocycles. The van der Waals surface area contributed by atoms with Gasteiger partial charge in [-0.3, -0.25) is 9.36 Å². The zero-order valence-corrected chi connectivity index (χ0v) is 15.0. The summed E-state index contributed by atoms with van der Waals surface area (Å²) in [4.78, 5) is 17.7. The molecule has 0 amide bonds. The van der Waals surface area contributed by atoms with E-state index in [1.807, 2.05) is 36.6 Å². The molecule has 0 unspecified atom stereocenters. The first-order chi connectivity index (χ1) is 11.2. The van der Waals surface area contributed by atoms with Crippen LogP contribution in [0, 0.1) is 5.92 Å². The number of halogens is 1. The van der Waals surface area contributed by atoms with E-state index in [4.69, 9.17) is 4.42 Å². The Morgan fingerprint density at radius 1 is 1.35 bits per heavy atom. The Balaban J connectivity index is 2.01. The van der Waals surface area contributed by atoms with E-state index in [2.05, 4.69) is 20.9 Å². The molecule has 0 spiro atoms. The molecule has 6 heteroatoms. The molecule has 3 aromatic rings. The SMILES string of the molecule is CSc1nc2oc(Br)c(-c3ccccc3)c2c(=O)n1CC1CC1. The van der Waals surface area contributed by atoms with Crippen molar-refractivity contribution in [2.75, 3.05) is 6.26 Å². The number of aromatic nitrogens is 2. The number of fused-ring (bicyclic) bond motifs is 1. The van der Waals surface area contributed by atoms with E-state index < -0.39 is 0 Å². The molecule has 1 aromatic carbocycles. The fraction of sp³-hybridized carbons (Fsp3) is 0.294. The molecule has 1 saturated carbocycles. The molecule has 118 valence electrons. The monoisotopic (exact) mass is 390 g/mol. The first-order valence-electron chi connectivity index (χ1n) is 7.51. The van der Waals surface area contributed by atoms with Gasteiger partial charge in [-0.15, -0.1) is 0 Å². The minimum absolute atomic E-state index is 0.0143. The summed E-state index contributed by atoms with van der Waals surface area (Å²) in [6, 6.07) is 9.81. The number of benzene rings is 1. The number of hydrogen-bond acceptors (Lipinski definition) is 4. The Hall–Kier alpha value is -1.53. The van der Waals surface area contributed by atoms with Gasteiger partial charge >= 0.3 is 0 Å². The highest BCUT2D eigenvalue weighted by atomic mass is 79.9. The van der Waals surface area contributed by atoms with E-state index in [0.29, 0.717) is 21.7 Å². The Labute approximate surface area is 146 Å². The van der Waals surface area contributed by atoms with Crippen molar-refractivity contribution in [1.82, 2.24) is 9.55 Å². The molecule has 1 aliphatic carbocycles. The van der Waals surface area contributed by atoms with Crippen LogP contribution in [0.1, 0.15) is 12.8 Å². The van der Waals surface area contributed by atoms with Crippen LogP contribution in [-0.4, -0.2) is 15.8 Å². The molecular weight excluding hydrogens is 376 g/mol. The maximum Gasteiger partial charge on any atom is 0.266 e. The lowest BCUT2D eigenvalue weighted by Gasteiger charge is -2.09. The maximum atomic E-state index is 13.1. The molecule has 1 fully saturated rings. The third kappa shape index (κ3) is 2.64. The van der Waals surface area contributed by atoms with Gasteiger partial charge < -0.3 is 4.42 Å². The number of thioether (sulfide) groups is 1. The topological polar surface area (TPSA) is 48.0 Å². The lowest BCUT2D eigenvalue weighted by molar-refractivity contribution is 0.528. The van der Waals surface area contributed by atoms with Crippen LogP contribution in [0.5, 0.6) is 0 Å². The van der Waals surface area contributed by atoms with Gasteiger partial charge in [0.15, 0.2) is 9.83 Å². The molecule has 0 atom stereocenters. The van der Waals surface area contributed by atoms with E-state index in [1.54, 1.807) is 4.57 Å². The predicted molar refractivity (Wildman–Crippen MR) is 95.9 cm³/mol. The first kappa shape index (κ1) is 15.0. The highest BCUT2D eigenvalue weighted by molar-refractivity contribution is 9.10. The van der Waals surface area contributed by atoms with E-state index in [-0.39, 0.29) is 5.56 Å². The minimum Gasteiger partial charge on any atom is -0.430 e. The molecule has 1 aliphatic rings. The van der Waals surface area contributed by atoms with Crippen LogP contribution >= 0.6 is 27.7 Å². The second kappa shape index (κ2) is 5.83. The summed E-state index contributed by atoms with van der Waals surface area (Å²) in [5.41, 5.74) is 2.12. The Morgan fingerprint density at radius 3 is 2.74 bits per heavy atom. The molecule has 4 rings (SSSR count). The molecule has 0 N–H and O–H groups in total. The van der Waals surface area contributed by atoms with Crippen molar-refractivity contribution in [3.63, 3.8) is 0 Å². The number of furan rings is 1. The third-order valence-corrected chi connectivity index (χ3v) is 5.35. The molecular formula is C17H15BrN2O2S. The molecule has 0 bridgehead atoms. The zero-order valence-electron chi connectivity index (χ0n) is 12.6. The van der Waals surface area contributed by atoms with Crippen molar-refractivity contribution in [2.45, 2.75) is 24.5 Å². The third-order valence-electron chi connectivity index (χ3n) is 4.12. The minimum atomic E-state index is -0.0143. The normalized spacial score (nSPS) is 14.5. The highest BCUT2D eigenvalue weighted by Gasteiger charge is 2.26. The van der Waals surface area contributed by atoms with Gasteiger partial charge in [-0.2, -0.15) is 4.98 Å². The summed E-state index contributed by atoms with van der Waals surface area (Å²) in [6.07, 6.45) is 4.32. The molecule has 0 saturated heterocycles. The standard InChI is InChI=1S/C17H15BrN2O2S/c1-23-17-19-15-13(16(21)20(17)9-10-7-8-10)12(14(18)22-15)11-5-3-2-4-6-11/h2-6,10H,7-9H2,1H3. The second-order valence-electron chi connectivity index (χ2n) is 5.75. The average molecular weight is 391 g/mol. The number of rotatable bonds is 4. The van der Waals surface area contributed by atoms with Gasteiger partial charge in [-0.05, 0) is 46.5 Å². The highest BCUT2D eigenvalue weighted by Crippen LogP contribution is 2.37. The van der Waals surface area contributed by atoms with Gasteiger partial charge in [0.05, 0.1) is 5.56 Å². The van der Waals surface area contributed by atoms with E-state index in [0.717, 1.165) is 22.8 Å². The zero-order chi connectivity index (χ0) is 16.0. The summed E-state index contributed by atoms with van der Waals surface area (Å²) in [6.45, 7) is 0.745. The number of nitrogens with zero attached hydrogens (tertiary/aromatic N) is 2. The Bertz CT molecular complexity index is 929. The van der Waals surface area contributed by atoms with E-state index in [9.17, 15) is 4.79 Å². The Kier molecular flexibility index (Phi) is 3.81. The van der Waals surface area contributed by atoms with E-state index in [1.165, 1.54) is 24.6 Å².